The lowest BCUT2D eigenvalue weighted by Gasteiger charge is -2.29. The summed E-state index contributed by atoms with van der Waals surface area (Å²) in [6, 6.07) is 62.2. The van der Waals surface area contributed by atoms with Gasteiger partial charge in [-0.15, -0.1) is 0 Å². The second-order valence-electron chi connectivity index (χ2n) is 15.5. The Kier molecular flexibility index (Phi) is 7.56. The van der Waals surface area contributed by atoms with E-state index < -0.39 is 0 Å². The number of hydrogen-bond donors (Lipinski definition) is 0. The number of anilines is 3. The SMILES string of the molecule is CC1C=CC2=C(C1)c1ccc(N(c3ccc(-c4ccccc4)cc3)c3ccc(-c4ccc5c(c4)c4ccccc4n5-c4ccccc4)cc3)cc1C2(C)C. The van der Waals surface area contributed by atoms with Gasteiger partial charge in [0, 0.05) is 38.9 Å². The number of nitrogens with zero attached hydrogens (tertiary/aromatic N) is 2. The fourth-order valence-electron chi connectivity index (χ4n) is 8.99. The Morgan fingerprint density at radius 3 is 1.83 bits per heavy atom. The van der Waals surface area contributed by atoms with Crippen molar-refractivity contribution >= 4 is 44.4 Å². The molecule has 0 bridgehead atoms. The fraction of sp³-hybridized carbons (Fsp3) is 0.115. The minimum Gasteiger partial charge on any atom is -0.310 e. The minimum atomic E-state index is -0.0493. The molecule has 2 aliphatic rings. The van der Waals surface area contributed by atoms with Gasteiger partial charge in [-0.1, -0.05) is 136 Å². The maximum absolute atomic E-state index is 2.45. The van der Waals surface area contributed by atoms with Gasteiger partial charge in [0.2, 0.25) is 0 Å². The number of aromatic nitrogens is 1. The molecule has 0 spiro atoms. The van der Waals surface area contributed by atoms with Crippen molar-refractivity contribution in [2.75, 3.05) is 4.90 Å². The molecule has 0 fully saturated rings. The van der Waals surface area contributed by atoms with Crippen LogP contribution in [0.1, 0.15) is 38.3 Å². The van der Waals surface area contributed by atoms with Crippen LogP contribution in [0.2, 0.25) is 0 Å². The van der Waals surface area contributed by atoms with Crippen LogP contribution in [0.25, 0.3) is 55.3 Å². The van der Waals surface area contributed by atoms with Gasteiger partial charge < -0.3 is 9.47 Å². The van der Waals surface area contributed by atoms with Crippen LogP contribution in [0, 0.1) is 5.92 Å². The fourth-order valence-corrected chi connectivity index (χ4v) is 8.99. The number of rotatable bonds is 6. The summed E-state index contributed by atoms with van der Waals surface area (Å²) in [4.78, 5) is 2.42. The lowest BCUT2D eigenvalue weighted by Crippen LogP contribution is -2.18. The first-order valence-corrected chi connectivity index (χ1v) is 19.2. The highest BCUT2D eigenvalue weighted by atomic mass is 15.1. The zero-order chi connectivity index (χ0) is 36.4. The molecular weight excluding hydrogens is 653 g/mol. The minimum absolute atomic E-state index is 0.0493. The van der Waals surface area contributed by atoms with Crippen molar-refractivity contribution in [1.82, 2.24) is 4.57 Å². The van der Waals surface area contributed by atoms with Crippen LogP contribution in [-0.4, -0.2) is 4.57 Å². The van der Waals surface area contributed by atoms with E-state index in [0.29, 0.717) is 5.92 Å². The molecule has 7 aromatic carbocycles. The van der Waals surface area contributed by atoms with E-state index in [4.69, 9.17) is 0 Å². The maximum atomic E-state index is 2.45. The monoisotopic (exact) mass is 694 g/mol. The van der Waals surface area contributed by atoms with E-state index in [9.17, 15) is 0 Å². The first kappa shape index (κ1) is 32.3. The van der Waals surface area contributed by atoms with Crippen molar-refractivity contribution in [3.8, 4) is 27.9 Å². The summed E-state index contributed by atoms with van der Waals surface area (Å²) in [6.07, 6.45) is 5.87. The van der Waals surface area contributed by atoms with Gasteiger partial charge in [-0.3, -0.25) is 0 Å². The molecule has 0 aliphatic heterocycles. The first-order chi connectivity index (χ1) is 26.4. The Balaban J connectivity index is 1.06. The number of fused-ring (bicyclic) bond motifs is 5. The van der Waals surface area contributed by atoms with Crippen molar-refractivity contribution in [2.24, 2.45) is 5.92 Å². The van der Waals surface area contributed by atoms with Crippen molar-refractivity contribution in [3.63, 3.8) is 0 Å². The highest BCUT2D eigenvalue weighted by Gasteiger charge is 2.38. The molecule has 2 nitrogen and oxygen atoms in total. The molecule has 0 amide bonds. The maximum Gasteiger partial charge on any atom is 0.0541 e. The molecule has 0 radical (unpaired) electrons. The number of benzene rings is 7. The predicted molar refractivity (Wildman–Crippen MR) is 229 cm³/mol. The zero-order valence-corrected chi connectivity index (χ0v) is 31.0. The Hall–Kier alpha value is -6.38. The van der Waals surface area contributed by atoms with Crippen molar-refractivity contribution < 1.29 is 0 Å². The molecule has 260 valence electrons. The van der Waals surface area contributed by atoms with Gasteiger partial charge in [0.15, 0.2) is 0 Å². The normalized spacial score (nSPS) is 15.8. The molecule has 1 heterocycles. The molecule has 0 saturated heterocycles. The van der Waals surface area contributed by atoms with E-state index in [1.165, 1.54) is 77.7 Å². The van der Waals surface area contributed by atoms with E-state index in [1.54, 1.807) is 0 Å². The number of allylic oxidation sites excluding steroid dienone is 4. The summed E-state index contributed by atoms with van der Waals surface area (Å²) in [6.45, 7) is 7.10. The van der Waals surface area contributed by atoms with Crippen LogP contribution in [0.15, 0.2) is 188 Å². The van der Waals surface area contributed by atoms with E-state index >= 15 is 0 Å². The molecule has 10 rings (SSSR count). The lowest BCUT2D eigenvalue weighted by molar-refractivity contribution is 0.643. The van der Waals surface area contributed by atoms with Crippen molar-refractivity contribution in [3.05, 3.63) is 199 Å². The second kappa shape index (κ2) is 12.6. The molecule has 1 atom stereocenters. The van der Waals surface area contributed by atoms with E-state index in [2.05, 4.69) is 212 Å². The predicted octanol–water partition coefficient (Wildman–Crippen LogP) is 14.2. The second-order valence-corrected chi connectivity index (χ2v) is 15.5. The van der Waals surface area contributed by atoms with Crippen LogP contribution < -0.4 is 4.90 Å². The summed E-state index contributed by atoms with van der Waals surface area (Å²) >= 11 is 0. The Labute approximate surface area is 318 Å². The summed E-state index contributed by atoms with van der Waals surface area (Å²) in [5.41, 5.74) is 17.7. The Morgan fingerprint density at radius 2 is 1.11 bits per heavy atom. The van der Waals surface area contributed by atoms with Gasteiger partial charge in [-0.2, -0.15) is 0 Å². The van der Waals surface area contributed by atoms with Crippen LogP contribution in [0.4, 0.5) is 17.1 Å². The van der Waals surface area contributed by atoms with Gasteiger partial charge in [0.25, 0.3) is 0 Å². The summed E-state index contributed by atoms with van der Waals surface area (Å²) < 4.78 is 2.37. The topological polar surface area (TPSA) is 8.17 Å². The number of hydrogen-bond acceptors (Lipinski definition) is 1. The lowest BCUT2D eigenvalue weighted by atomic mass is 9.79. The zero-order valence-electron chi connectivity index (χ0n) is 31.0. The molecule has 0 saturated carbocycles. The molecule has 2 heteroatoms. The van der Waals surface area contributed by atoms with Crippen LogP contribution in [0.3, 0.4) is 0 Å². The Bertz CT molecular complexity index is 2750. The van der Waals surface area contributed by atoms with Crippen molar-refractivity contribution in [2.45, 2.75) is 32.6 Å². The molecular formula is C52H42N2. The van der Waals surface area contributed by atoms with Crippen LogP contribution >= 0.6 is 0 Å². The third-order valence-electron chi connectivity index (χ3n) is 11.8. The molecule has 0 N–H and O–H groups in total. The largest absolute Gasteiger partial charge is 0.310 e. The average molecular weight is 695 g/mol. The van der Waals surface area contributed by atoms with Gasteiger partial charge >= 0.3 is 0 Å². The third-order valence-corrected chi connectivity index (χ3v) is 11.8. The molecule has 2 aliphatic carbocycles. The molecule has 54 heavy (non-hydrogen) atoms. The molecule has 1 aromatic heterocycles. The highest BCUT2D eigenvalue weighted by Crippen LogP contribution is 2.52. The molecule has 8 aromatic rings. The van der Waals surface area contributed by atoms with Gasteiger partial charge in [0.1, 0.15) is 0 Å². The summed E-state index contributed by atoms with van der Waals surface area (Å²) in [5, 5.41) is 2.53. The first-order valence-electron chi connectivity index (χ1n) is 19.2. The van der Waals surface area contributed by atoms with Crippen LogP contribution in [-0.2, 0) is 5.41 Å². The number of para-hydroxylation sites is 2. The third kappa shape index (κ3) is 5.24. The van der Waals surface area contributed by atoms with E-state index in [1.807, 2.05) is 0 Å². The van der Waals surface area contributed by atoms with Crippen LogP contribution in [0.5, 0.6) is 0 Å². The molecule has 1 unspecified atom stereocenters. The Morgan fingerprint density at radius 1 is 0.537 bits per heavy atom. The quantitative estimate of drug-likeness (QED) is 0.168. The highest BCUT2D eigenvalue weighted by molar-refractivity contribution is 6.10. The van der Waals surface area contributed by atoms with Crippen molar-refractivity contribution in [1.29, 1.82) is 0 Å². The summed E-state index contributed by atoms with van der Waals surface area (Å²) in [5.74, 6) is 0.562. The van der Waals surface area contributed by atoms with E-state index in [-0.39, 0.29) is 5.41 Å². The van der Waals surface area contributed by atoms with Gasteiger partial charge in [0.05, 0.1) is 11.0 Å². The van der Waals surface area contributed by atoms with Gasteiger partial charge in [-0.25, -0.2) is 0 Å². The average Bonchev–Trinajstić information content (AvgIpc) is 3.66. The smallest absolute Gasteiger partial charge is 0.0541 e. The standard InChI is InChI=1S/C52H42N2/c1-35-18-30-48-46(32-35)44-29-28-43(34-49(44)52(48,2)3)53(41-24-19-37(20-25-41)36-12-6-4-7-13-36)42-26-21-38(22-27-42)39-23-31-51-47(33-39)45-16-10-11-17-50(45)54(51)40-14-8-5-9-15-40/h4-31,33-35H,32H2,1-3H3. The summed E-state index contributed by atoms with van der Waals surface area (Å²) in [7, 11) is 0. The van der Waals surface area contributed by atoms with E-state index in [0.717, 1.165) is 17.8 Å². The van der Waals surface area contributed by atoms with Gasteiger partial charge in [-0.05, 0) is 124 Å².